The smallest absolute Gasteiger partial charge is 0.328 e. The summed E-state index contributed by atoms with van der Waals surface area (Å²) in [7, 11) is 1.33. The average Bonchev–Trinajstić information content (AvgIpc) is 3.43. The Bertz CT molecular complexity index is 1500. The molecule has 3 saturated carbocycles. The molecule has 2 bridgehead atoms. The number of pyridine rings is 1. The Hall–Kier alpha value is -3.36. The first kappa shape index (κ1) is 30.3. The fourth-order valence-corrected chi connectivity index (χ4v) is 8.88. The van der Waals surface area contributed by atoms with E-state index in [0.29, 0.717) is 35.6 Å². The molecule has 5 aliphatic rings. The summed E-state index contributed by atoms with van der Waals surface area (Å²) in [5.41, 5.74) is -0.0687. The molecule has 1 saturated heterocycles. The maximum Gasteiger partial charge on any atom is 0.328 e. The molecule has 0 N–H and O–H groups in total. The minimum atomic E-state index is -0.814. The highest BCUT2D eigenvalue weighted by molar-refractivity contribution is 5.89. The molecule has 7 rings (SSSR count). The highest BCUT2D eigenvalue weighted by Gasteiger charge is 2.46. The van der Waals surface area contributed by atoms with Crippen LogP contribution in [0.3, 0.4) is 0 Å². The van der Waals surface area contributed by atoms with Gasteiger partial charge in [-0.1, -0.05) is 43.9 Å². The van der Waals surface area contributed by atoms with E-state index in [9.17, 15) is 19.2 Å². The van der Waals surface area contributed by atoms with E-state index in [4.69, 9.17) is 14.2 Å². The van der Waals surface area contributed by atoms with Gasteiger partial charge in [0.2, 0.25) is 5.91 Å². The topological polar surface area (TPSA) is 104 Å². The second-order valence-electron chi connectivity index (χ2n) is 14.3. The van der Waals surface area contributed by atoms with E-state index in [1.807, 2.05) is 30.3 Å². The molecule has 242 valence electrons. The molecular formula is C36H46N2O7. The third kappa shape index (κ3) is 6.24. The summed E-state index contributed by atoms with van der Waals surface area (Å²) in [6, 6.07) is 8.67. The van der Waals surface area contributed by atoms with Crippen LogP contribution in [-0.4, -0.2) is 59.2 Å². The number of fused-ring (bicyclic) bond motifs is 6. The normalized spacial score (nSPS) is 32.8. The van der Waals surface area contributed by atoms with Gasteiger partial charge in [0.25, 0.3) is 5.56 Å². The van der Waals surface area contributed by atoms with Crippen LogP contribution in [0.25, 0.3) is 10.8 Å². The molecule has 3 heterocycles. The largest absolute Gasteiger partial charge is 0.473 e. The van der Waals surface area contributed by atoms with Gasteiger partial charge in [-0.3, -0.25) is 19.0 Å². The van der Waals surface area contributed by atoms with E-state index in [-0.39, 0.29) is 48.8 Å². The van der Waals surface area contributed by atoms with Crippen LogP contribution in [0.5, 0.6) is 5.88 Å². The average molecular weight is 619 g/mol. The lowest BCUT2D eigenvalue weighted by molar-refractivity contribution is -0.158. The first-order valence-electron chi connectivity index (χ1n) is 17.3. The maximum atomic E-state index is 14.4. The lowest BCUT2D eigenvalue weighted by Crippen LogP contribution is -2.46. The number of carbonyl (C=O) groups is 3. The molecule has 1 aromatic carbocycles. The summed E-state index contributed by atoms with van der Waals surface area (Å²) in [5, 5.41) is 1.47. The van der Waals surface area contributed by atoms with Gasteiger partial charge in [-0.25, -0.2) is 4.79 Å². The van der Waals surface area contributed by atoms with Crippen molar-refractivity contribution in [3.63, 3.8) is 0 Å². The van der Waals surface area contributed by atoms with E-state index >= 15 is 0 Å². The number of hydrogen-bond acceptors (Lipinski definition) is 7. The quantitative estimate of drug-likeness (QED) is 0.424. The second-order valence-corrected chi connectivity index (χ2v) is 14.3. The van der Waals surface area contributed by atoms with Crippen molar-refractivity contribution in [1.29, 1.82) is 0 Å². The molecule has 2 unspecified atom stereocenters. The number of amides is 1. The van der Waals surface area contributed by atoms with Gasteiger partial charge in [0.1, 0.15) is 18.2 Å². The minimum absolute atomic E-state index is 0.0383. The number of aromatic nitrogens is 1. The van der Waals surface area contributed by atoms with E-state index in [0.717, 1.165) is 76.0 Å². The molecule has 3 aliphatic carbocycles. The molecule has 7 atom stereocenters. The highest BCUT2D eigenvalue weighted by atomic mass is 16.5. The Kier molecular flexibility index (Phi) is 8.62. The molecule has 2 aromatic rings. The predicted octanol–water partition coefficient (Wildman–Crippen LogP) is 5.25. The summed E-state index contributed by atoms with van der Waals surface area (Å²) in [4.78, 5) is 56.3. The monoisotopic (exact) mass is 618 g/mol. The van der Waals surface area contributed by atoms with E-state index in [1.54, 1.807) is 9.47 Å². The molecular weight excluding hydrogens is 572 g/mol. The summed E-state index contributed by atoms with van der Waals surface area (Å²) in [5.74, 6) is 0.369. The fraction of sp³-hybridized carbons (Fsp3) is 0.667. The van der Waals surface area contributed by atoms with Gasteiger partial charge in [-0.15, -0.1) is 0 Å². The summed E-state index contributed by atoms with van der Waals surface area (Å²) >= 11 is 0. The number of esters is 2. The van der Waals surface area contributed by atoms with Crippen molar-refractivity contribution in [2.24, 2.45) is 29.6 Å². The number of ether oxygens (including phenoxy) is 3. The molecule has 0 radical (unpaired) electrons. The predicted molar refractivity (Wildman–Crippen MR) is 167 cm³/mol. The molecule has 2 aliphatic heterocycles. The van der Waals surface area contributed by atoms with Crippen LogP contribution in [0.2, 0.25) is 0 Å². The summed E-state index contributed by atoms with van der Waals surface area (Å²) in [6.45, 7) is 0.779. The first-order valence-corrected chi connectivity index (χ1v) is 17.3. The standard InChI is InChI=1S/C36H46N2O7/c1-43-36(42)30-18-27-21-37(30)35(41)29(22-8-2-3-9-22)19-33(39)45-31-15-7-12-23(31)11-6-13-24-16-26(24)20-38-32(44-27)17-25-10-4-5-14-28(25)34(38)40/h4-5,10,14,17,22-24,26-27,29-31H,2-3,6-9,11-13,15-16,18-21H2,1H3/t23-,24?,26?,27-,29+,30+,31-/m1/s1. The Balaban J connectivity index is 1.23. The van der Waals surface area contributed by atoms with Gasteiger partial charge < -0.3 is 19.1 Å². The summed E-state index contributed by atoms with van der Waals surface area (Å²) < 4.78 is 19.6. The molecule has 4 fully saturated rings. The Morgan fingerprint density at radius 2 is 1.56 bits per heavy atom. The molecule has 1 aromatic heterocycles. The third-order valence-electron chi connectivity index (χ3n) is 11.5. The zero-order valence-electron chi connectivity index (χ0n) is 26.4. The highest BCUT2D eigenvalue weighted by Crippen LogP contribution is 2.45. The van der Waals surface area contributed by atoms with Gasteiger partial charge in [0, 0.05) is 24.4 Å². The van der Waals surface area contributed by atoms with Gasteiger partial charge in [0.05, 0.1) is 26.0 Å². The first-order chi connectivity index (χ1) is 21.9. The number of hydrogen-bond donors (Lipinski definition) is 0. The van der Waals surface area contributed by atoms with Crippen LogP contribution in [0.4, 0.5) is 0 Å². The number of carbonyl (C=O) groups excluding carboxylic acids is 3. The Labute approximate surface area is 264 Å². The van der Waals surface area contributed by atoms with Crippen LogP contribution in [0.1, 0.15) is 83.5 Å². The molecule has 1 amide bonds. The number of benzene rings is 1. The van der Waals surface area contributed by atoms with Crippen LogP contribution < -0.4 is 10.3 Å². The molecule has 9 heteroatoms. The third-order valence-corrected chi connectivity index (χ3v) is 11.5. The Morgan fingerprint density at radius 1 is 0.822 bits per heavy atom. The second kappa shape index (κ2) is 12.8. The number of rotatable bonds is 2. The summed E-state index contributed by atoms with van der Waals surface area (Å²) in [6.07, 6.45) is 10.9. The fourth-order valence-electron chi connectivity index (χ4n) is 8.88. The van der Waals surface area contributed by atoms with E-state index in [1.165, 1.54) is 7.11 Å². The van der Waals surface area contributed by atoms with Crippen LogP contribution in [-0.2, 0) is 30.4 Å². The lowest BCUT2D eigenvalue weighted by atomic mass is 9.86. The maximum absolute atomic E-state index is 14.4. The van der Waals surface area contributed by atoms with Crippen molar-refractivity contribution < 1.29 is 28.6 Å². The van der Waals surface area contributed by atoms with Gasteiger partial charge >= 0.3 is 11.9 Å². The van der Waals surface area contributed by atoms with Crippen molar-refractivity contribution in [2.45, 2.75) is 108 Å². The van der Waals surface area contributed by atoms with Crippen molar-refractivity contribution in [2.75, 3.05) is 13.7 Å². The lowest BCUT2D eigenvalue weighted by Gasteiger charge is -2.30. The van der Waals surface area contributed by atoms with Crippen molar-refractivity contribution in [1.82, 2.24) is 9.47 Å². The molecule has 0 spiro atoms. The van der Waals surface area contributed by atoms with E-state index in [2.05, 4.69) is 0 Å². The van der Waals surface area contributed by atoms with Crippen LogP contribution in [0.15, 0.2) is 35.1 Å². The Morgan fingerprint density at radius 3 is 2.36 bits per heavy atom. The van der Waals surface area contributed by atoms with Gasteiger partial charge in [-0.05, 0) is 80.1 Å². The van der Waals surface area contributed by atoms with Crippen molar-refractivity contribution >= 4 is 28.6 Å². The number of nitrogens with zero attached hydrogens (tertiary/aromatic N) is 2. The van der Waals surface area contributed by atoms with Crippen molar-refractivity contribution in [3.05, 3.63) is 40.7 Å². The minimum Gasteiger partial charge on any atom is -0.473 e. The van der Waals surface area contributed by atoms with Crippen molar-refractivity contribution in [3.8, 4) is 5.88 Å². The SMILES string of the molecule is COC(=O)[C@@H]1C[C@@H]2CN1C(=O)[C@H](C1CCCC1)CC(=O)O[C@@H]1CCC[C@H]1CCCC1CC1Cn1c(cc3ccccc3c1=O)O2. The van der Waals surface area contributed by atoms with Crippen LogP contribution in [0, 0.1) is 29.6 Å². The zero-order valence-corrected chi connectivity index (χ0v) is 26.4. The zero-order chi connectivity index (χ0) is 31.1. The molecule has 45 heavy (non-hydrogen) atoms. The van der Waals surface area contributed by atoms with E-state index < -0.39 is 24.0 Å². The van der Waals surface area contributed by atoms with Gasteiger partial charge in [-0.2, -0.15) is 0 Å². The van der Waals surface area contributed by atoms with Crippen LogP contribution >= 0.6 is 0 Å². The van der Waals surface area contributed by atoms with Gasteiger partial charge in [0.15, 0.2) is 5.88 Å². The number of methoxy groups -OCH3 is 1. The molecule has 9 nitrogen and oxygen atoms in total.